The van der Waals surface area contributed by atoms with Gasteiger partial charge in [-0.2, -0.15) is 0 Å². The number of rotatable bonds is 7. The first kappa shape index (κ1) is 18.9. The monoisotopic (exact) mass is 357 g/mol. The van der Waals surface area contributed by atoms with Gasteiger partial charge in [0, 0.05) is 12.5 Å². The minimum atomic E-state index is -0.170. The summed E-state index contributed by atoms with van der Waals surface area (Å²) in [7, 11) is 0. The van der Waals surface area contributed by atoms with Crippen LogP contribution in [0.2, 0.25) is 0 Å². The second kappa shape index (κ2) is 8.67. The molecule has 1 aliphatic carbocycles. The molecule has 142 valence electrons. The van der Waals surface area contributed by atoms with Gasteiger partial charge in [0.05, 0.1) is 12.1 Å². The molecule has 0 radical (unpaired) electrons. The normalized spacial score (nSPS) is 20.2. The van der Waals surface area contributed by atoms with Crippen LogP contribution >= 0.6 is 0 Å². The van der Waals surface area contributed by atoms with E-state index in [-0.39, 0.29) is 23.3 Å². The Hall–Kier alpha value is -1.88. The van der Waals surface area contributed by atoms with Gasteiger partial charge in [-0.3, -0.25) is 14.5 Å². The Morgan fingerprint density at radius 1 is 1.15 bits per heavy atom. The number of hydrogen-bond donors (Lipinski definition) is 2. The summed E-state index contributed by atoms with van der Waals surface area (Å²) < 4.78 is 0. The predicted octanol–water partition coefficient (Wildman–Crippen LogP) is 2.42. The molecule has 1 aromatic rings. The van der Waals surface area contributed by atoms with Crippen LogP contribution in [0.25, 0.3) is 0 Å². The first-order chi connectivity index (χ1) is 12.6. The van der Waals surface area contributed by atoms with E-state index >= 15 is 0 Å². The fourth-order valence-electron chi connectivity index (χ4n) is 4.03. The third-order valence-electron chi connectivity index (χ3n) is 5.79. The van der Waals surface area contributed by atoms with Crippen molar-refractivity contribution in [1.82, 2.24) is 15.5 Å². The van der Waals surface area contributed by atoms with Gasteiger partial charge in [0.15, 0.2) is 0 Å². The number of amides is 2. The topological polar surface area (TPSA) is 61.4 Å². The average molecular weight is 357 g/mol. The van der Waals surface area contributed by atoms with Crippen molar-refractivity contribution in [3.63, 3.8) is 0 Å². The Kier molecular flexibility index (Phi) is 6.30. The van der Waals surface area contributed by atoms with Crippen molar-refractivity contribution in [2.45, 2.75) is 51.0 Å². The van der Waals surface area contributed by atoms with Gasteiger partial charge in [0.2, 0.25) is 11.8 Å². The molecule has 1 heterocycles. The number of hydrogen-bond acceptors (Lipinski definition) is 3. The van der Waals surface area contributed by atoms with Crippen LogP contribution in [0.5, 0.6) is 0 Å². The zero-order valence-electron chi connectivity index (χ0n) is 15.8. The molecule has 0 aromatic heterocycles. The van der Waals surface area contributed by atoms with Crippen molar-refractivity contribution < 1.29 is 9.59 Å². The second-order valence-corrected chi connectivity index (χ2v) is 7.69. The standard InChI is InChI=1S/C21H31N3O2/c1-2-13-22-20(26)17-9-14-24(15-10-17)16-19(25)23-21(11-6-12-21)18-7-4-3-5-8-18/h3-5,7-8,17H,2,6,9-16H2,1H3,(H,22,26)(H,23,25). The van der Waals surface area contributed by atoms with Crippen molar-refractivity contribution in [3.05, 3.63) is 35.9 Å². The largest absolute Gasteiger partial charge is 0.356 e. The van der Waals surface area contributed by atoms with Crippen LogP contribution in [0.4, 0.5) is 0 Å². The van der Waals surface area contributed by atoms with Gasteiger partial charge in [0.1, 0.15) is 0 Å². The Morgan fingerprint density at radius 2 is 1.85 bits per heavy atom. The lowest BCUT2D eigenvalue weighted by Crippen LogP contribution is -2.54. The van der Waals surface area contributed by atoms with E-state index in [9.17, 15) is 9.59 Å². The number of piperidine rings is 1. The van der Waals surface area contributed by atoms with E-state index in [0.717, 1.165) is 58.2 Å². The van der Waals surface area contributed by atoms with Gasteiger partial charge < -0.3 is 10.6 Å². The zero-order chi connectivity index (χ0) is 18.4. The number of carbonyl (C=O) groups is 2. The van der Waals surface area contributed by atoms with Crippen LogP contribution < -0.4 is 10.6 Å². The van der Waals surface area contributed by atoms with Gasteiger partial charge in [0.25, 0.3) is 0 Å². The first-order valence-electron chi connectivity index (χ1n) is 9.99. The van der Waals surface area contributed by atoms with Crippen LogP contribution in [-0.2, 0) is 15.1 Å². The maximum atomic E-state index is 12.6. The number of benzene rings is 1. The molecule has 3 rings (SSSR count). The summed E-state index contributed by atoms with van der Waals surface area (Å²) in [4.78, 5) is 26.9. The number of carbonyl (C=O) groups excluding carboxylic acids is 2. The Balaban J connectivity index is 1.47. The molecule has 0 spiro atoms. The van der Waals surface area contributed by atoms with Gasteiger partial charge in [-0.25, -0.2) is 0 Å². The summed E-state index contributed by atoms with van der Waals surface area (Å²) in [5.41, 5.74) is 1.04. The lowest BCUT2D eigenvalue weighted by Gasteiger charge is -2.43. The minimum Gasteiger partial charge on any atom is -0.356 e. The summed E-state index contributed by atoms with van der Waals surface area (Å²) in [5.74, 6) is 0.374. The lowest BCUT2D eigenvalue weighted by molar-refractivity contribution is -0.127. The molecule has 2 fully saturated rings. The molecule has 5 nitrogen and oxygen atoms in total. The molecular weight excluding hydrogens is 326 g/mol. The summed E-state index contributed by atoms with van der Waals surface area (Å²) in [6.07, 6.45) is 5.84. The maximum absolute atomic E-state index is 12.6. The minimum absolute atomic E-state index is 0.0995. The molecule has 2 N–H and O–H groups in total. The van der Waals surface area contributed by atoms with Crippen LogP contribution in [0.1, 0.15) is 51.0 Å². The van der Waals surface area contributed by atoms with Crippen molar-refractivity contribution in [2.75, 3.05) is 26.2 Å². The molecule has 0 unspecified atom stereocenters. The Labute approximate surface area is 156 Å². The van der Waals surface area contributed by atoms with Gasteiger partial charge in [-0.05, 0) is 57.2 Å². The number of likely N-dealkylation sites (tertiary alicyclic amines) is 1. The zero-order valence-corrected chi connectivity index (χ0v) is 15.8. The fraction of sp³-hybridized carbons (Fsp3) is 0.619. The van der Waals surface area contributed by atoms with E-state index < -0.39 is 0 Å². The molecular formula is C21H31N3O2. The van der Waals surface area contributed by atoms with Gasteiger partial charge >= 0.3 is 0 Å². The van der Waals surface area contributed by atoms with Crippen LogP contribution in [0.3, 0.4) is 0 Å². The highest BCUT2D eigenvalue weighted by Gasteiger charge is 2.40. The molecule has 1 aliphatic heterocycles. The highest BCUT2D eigenvalue weighted by molar-refractivity contribution is 5.80. The van der Waals surface area contributed by atoms with E-state index in [1.165, 1.54) is 5.56 Å². The van der Waals surface area contributed by atoms with Crippen LogP contribution in [-0.4, -0.2) is 42.9 Å². The summed E-state index contributed by atoms with van der Waals surface area (Å²) in [6.45, 7) is 4.87. The summed E-state index contributed by atoms with van der Waals surface area (Å²) >= 11 is 0. The second-order valence-electron chi connectivity index (χ2n) is 7.69. The first-order valence-corrected chi connectivity index (χ1v) is 9.99. The third-order valence-corrected chi connectivity index (χ3v) is 5.79. The summed E-state index contributed by atoms with van der Waals surface area (Å²) in [6, 6.07) is 10.3. The van der Waals surface area contributed by atoms with Crippen molar-refractivity contribution in [3.8, 4) is 0 Å². The van der Waals surface area contributed by atoms with Crippen LogP contribution in [0, 0.1) is 5.92 Å². The molecule has 0 atom stereocenters. The van der Waals surface area contributed by atoms with Gasteiger partial charge in [-0.1, -0.05) is 37.3 Å². The molecule has 0 bridgehead atoms. The molecule has 1 saturated heterocycles. The fourth-order valence-corrected chi connectivity index (χ4v) is 4.03. The van der Waals surface area contributed by atoms with Crippen molar-refractivity contribution in [2.24, 2.45) is 5.92 Å². The van der Waals surface area contributed by atoms with Crippen molar-refractivity contribution >= 4 is 11.8 Å². The van der Waals surface area contributed by atoms with Crippen LogP contribution in [0.15, 0.2) is 30.3 Å². The van der Waals surface area contributed by atoms with E-state index in [1.54, 1.807) is 0 Å². The summed E-state index contributed by atoms with van der Waals surface area (Å²) in [5, 5.41) is 6.28. The average Bonchev–Trinajstić information content (AvgIpc) is 2.64. The van der Waals surface area contributed by atoms with E-state index in [4.69, 9.17) is 0 Å². The molecule has 5 heteroatoms. The molecule has 1 aromatic carbocycles. The molecule has 2 amide bonds. The Morgan fingerprint density at radius 3 is 2.42 bits per heavy atom. The molecule has 1 saturated carbocycles. The molecule has 26 heavy (non-hydrogen) atoms. The predicted molar refractivity (Wildman–Crippen MR) is 103 cm³/mol. The quantitative estimate of drug-likeness (QED) is 0.788. The lowest BCUT2D eigenvalue weighted by atomic mass is 9.72. The SMILES string of the molecule is CCCNC(=O)C1CCN(CC(=O)NC2(c3ccccc3)CCC2)CC1. The smallest absolute Gasteiger partial charge is 0.234 e. The third kappa shape index (κ3) is 4.44. The number of nitrogens with zero attached hydrogens (tertiary/aromatic N) is 1. The molecule has 2 aliphatic rings. The highest BCUT2D eigenvalue weighted by atomic mass is 16.2. The Bertz CT molecular complexity index is 605. The van der Waals surface area contributed by atoms with E-state index in [2.05, 4.69) is 34.6 Å². The maximum Gasteiger partial charge on any atom is 0.234 e. The van der Waals surface area contributed by atoms with Crippen molar-refractivity contribution in [1.29, 1.82) is 0 Å². The van der Waals surface area contributed by atoms with E-state index in [1.807, 2.05) is 18.2 Å². The highest BCUT2D eigenvalue weighted by Crippen LogP contribution is 2.41. The number of nitrogens with one attached hydrogen (secondary N) is 2. The van der Waals surface area contributed by atoms with E-state index in [0.29, 0.717) is 6.54 Å². The van der Waals surface area contributed by atoms with Gasteiger partial charge in [-0.15, -0.1) is 0 Å².